The van der Waals surface area contributed by atoms with E-state index in [0.717, 1.165) is 12.1 Å². The molecule has 1 atom stereocenters. The number of nitrogens with zero attached hydrogens (tertiary/aromatic N) is 2. The van der Waals surface area contributed by atoms with E-state index in [2.05, 4.69) is 30.3 Å². The lowest BCUT2D eigenvalue weighted by atomic mass is 9.91. The zero-order chi connectivity index (χ0) is 14.1. The minimum Gasteiger partial charge on any atom is -0.303 e. The van der Waals surface area contributed by atoms with Gasteiger partial charge in [0.1, 0.15) is 5.54 Å². The van der Waals surface area contributed by atoms with Crippen molar-refractivity contribution in [3.8, 4) is 6.07 Å². The van der Waals surface area contributed by atoms with Crippen LogP contribution >= 0.6 is 0 Å². The molecule has 3 nitrogen and oxygen atoms in total. The second kappa shape index (κ2) is 7.93. The van der Waals surface area contributed by atoms with E-state index in [-0.39, 0.29) is 0 Å². The van der Waals surface area contributed by atoms with Gasteiger partial charge in [-0.05, 0) is 32.6 Å². The van der Waals surface area contributed by atoms with Gasteiger partial charge >= 0.3 is 0 Å². The molecule has 19 heavy (non-hydrogen) atoms. The molecule has 104 valence electrons. The van der Waals surface area contributed by atoms with Crippen molar-refractivity contribution in [3.05, 3.63) is 35.9 Å². The zero-order valence-corrected chi connectivity index (χ0v) is 12.3. The highest BCUT2D eigenvalue weighted by Crippen LogP contribution is 2.21. The van der Waals surface area contributed by atoms with Gasteiger partial charge in [-0.25, -0.2) is 0 Å². The molecule has 0 aliphatic rings. The Kier molecular flexibility index (Phi) is 6.55. The molecule has 0 radical (unpaired) electrons. The monoisotopic (exact) mass is 259 g/mol. The van der Waals surface area contributed by atoms with E-state index in [1.165, 1.54) is 19.3 Å². The molecule has 0 amide bonds. The highest BCUT2D eigenvalue weighted by atomic mass is 15.1. The van der Waals surface area contributed by atoms with E-state index in [1.54, 1.807) is 0 Å². The van der Waals surface area contributed by atoms with Crippen molar-refractivity contribution in [2.45, 2.75) is 31.7 Å². The van der Waals surface area contributed by atoms with Crippen LogP contribution in [0.1, 0.15) is 31.7 Å². The van der Waals surface area contributed by atoms with Crippen LogP contribution in [0, 0.1) is 11.3 Å². The Hall–Kier alpha value is -1.37. The van der Waals surface area contributed by atoms with Crippen molar-refractivity contribution in [3.63, 3.8) is 0 Å². The number of nitrogens with one attached hydrogen (secondary N) is 1. The average molecular weight is 259 g/mol. The summed E-state index contributed by atoms with van der Waals surface area (Å²) in [7, 11) is 3.94. The highest BCUT2D eigenvalue weighted by molar-refractivity contribution is 5.31. The van der Waals surface area contributed by atoms with Gasteiger partial charge in [0.2, 0.25) is 0 Å². The molecule has 0 heterocycles. The highest BCUT2D eigenvalue weighted by Gasteiger charge is 2.31. The first kappa shape index (κ1) is 15.7. The van der Waals surface area contributed by atoms with Gasteiger partial charge in [0.05, 0.1) is 6.07 Å². The SMILES string of the molecule is CCCCCN(C)CC(C#N)(NC)c1ccccc1. The van der Waals surface area contributed by atoms with Gasteiger partial charge < -0.3 is 4.90 Å². The summed E-state index contributed by atoms with van der Waals surface area (Å²) in [6.07, 6.45) is 3.66. The molecule has 0 aromatic heterocycles. The van der Waals surface area contributed by atoms with Crippen molar-refractivity contribution in [1.82, 2.24) is 10.2 Å². The summed E-state index contributed by atoms with van der Waals surface area (Å²) in [4.78, 5) is 2.24. The second-order valence-electron chi connectivity index (χ2n) is 5.08. The lowest BCUT2D eigenvalue weighted by Crippen LogP contribution is -2.47. The van der Waals surface area contributed by atoms with E-state index in [9.17, 15) is 5.26 Å². The fraction of sp³-hybridized carbons (Fsp3) is 0.562. The normalized spacial score (nSPS) is 14.1. The van der Waals surface area contributed by atoms with Crippen molar-refractivity contribution < 1.29 is 0 Å². The zero-order valence-electron chi connectivity index (χ0n) is 12.3. The van der Waals surface area contributed by atoms with Crippen molar-refractivity contribution >= 4 is 0 Å². The van der Waals surface area contributed by atoms with Crippen LogP contribution in [-0.2, 0) is 5.54 Å². The molecule has 1 rings (SSSR count). The van der Waals surface area contributed by atoms with Crippen LogP contribution < -0.4 is 5.32 Å². The van der Waals surface area contributed by atoms with Gasteiger partial charge in [-0.2, -0.15) is 5.26 Å². The minimum absolute atomic E-state index is 0.623. The molecule has 0 saturated carbocycles. The van der Waals surface area contributed by atoms with E-state index in [1.807, 2.05) is 37.4 Å². The van der Waals surface area contributed by atoms with Gasteiger partial charge in [0.15, 0.2) is 0 Å². The third-order valence-electron chi connectivity index (χ3n) is 3.53. The van der Waals surface area contributed by atoms with Crippen LogP contribution in [-0.4, -0.2) is 32.1 Å². The van der Waals surface area contributed by atoms with Crippen molar-refractivity contribution in [1.29, 1.82) is 5.26 Å². The molecule has 1 unspecified atom stereocenters. The number of likely N-dealkylation sites (N-methyl/N-ethyl adjacent to an activating group) is 2. The van der Waals surface area contributed by atoms with Crippen LogP contribution in [0.3, 0.4) is 0 Å². The number of benzene rings is 1. The second-order valence-corrected chi connectivity index (χ2v) is 5.08. The molecule has 0 bridgehead atoms. The third-order valence-corrected chi connectivity index (χ3v) is 3.53. The van der Waals surface area contributed by atoms with Crippen LogP contribution in [0.2, 0.25) is 0 Å². The smallest absolute Gasteiger partial charge is 0.144 e. The van der Waals surface area contributed by atoms with Crippen LogP contribution in [0.5, 0.6) is 0 Å². The first-order chi connectivity index (χ1) is 9.18. The Morgan fingerprint density at radius 1 is 1.26 bits per heavy atom. The summed E-state index contributed by atoms with van der Waals surface area (Å²) in [5.74, 6) is 0. The van der Waals surface area contributed by atoms with E-state index in [4.69, 9.17) is 0 Å². The van der Waals surface area contributed by atoms with Gasteiger partial charge in [-0.3, -0.25) is 5.32 Å². The maximum absolute atomic E-state index is 9.61. The number of hydrogen-bond acceptors (Lipinski definition) is 3. The molecular weight excluding hydrogens is 234 g/mol. The van der Waals surface area contributed by atoms with Crippen LogP contribution in [0.15, 0.2) is 30.3 Å². The van der Waals surface area contributed by atoms with Crippen LogP contribution in [0.4, 0.5) is 0 Å². The van der Waals surface area contributed by atoms with Crippen molar-refractivity contribution in [2.24, 2.45) is 0 Å². The summed E-state index contributed by atoms with van der Waals surface area (Å²) < 4.78 is 0. The number of hydrogen-bond donors (Lipinski definition) is 1. The van der Waals surface area contributed by atoms with E-state index < -0.39 is 5.54 Å². The largest absolute Gasteiger partial charge is 0.303 e. The van der Waals surface area contributed by atoms with Crippen molar-refractivity contribution in [2.75, 3.05) is 27.2 Å². The summed E-state index contributed by atoms with van der Waals surface area (Å²) >= 11 is 0. The van der Waals surface area contributed by atoms with Gasteiger partial charge in [-0.1, -0.05) is 50.1 Å². The molecule has 0 fully saturated rings. The first-order valence-electron chi connectivity index (χ1n) is 7.02. The average Bonchev–Trinajstić information content (AvgIpc) is 2.46. The lowest BCUT2D eigenvalue weighted by molar-refractivity contribution is 0.253. The fourth-order valence-electron chi connectivity index (χ4n) is 2.31. The van der Waals surface area contributed by atoms with E-state index in [0.29, 0.717) is 6.54 Å². The van der Waals surface area contributed by atoms with Gasteiger partial charge in [0.25, 0.3) is 0 Å². The topological polar surface area (TPSA) is 39.1 Å². The maximum atomic E-state index is 9.61. The van der Waals surface area contributed by atoms with Gasteiger partial charge in [-0.15, -0.1) is 0 Å². The summed E-state index contributed by atoms with van der Waals surface area (Å²) in [6, 6.07) is 12.4. The Morgan fingerprint density at radius 3 is 2.47 bits per heavy atom. The Balaban J connectivity index is 2.75. The predicted octanol–water partition coefficient (Wildman–Crippen LogP) is 2.75. The summed E-state index contributed by atoms with van der Waals surface area (Å²) in [5.41, 5.74) is 0.407. The number of rotatable bonds is 8. The quantitative estimate of drug-likeness (QED) is 0.730. The molecule has 0 saturated heterocycles. The maximum Gasteiger partial charge on any atom is 0.144 e. The van der Waals surface area contributed by atoms with Crippen LogP contribution in [0.25, 0.3) is 0 Å². The minimum atomic E-state index is -0.623. The lowest BCUT2D eigenvalue weighted by Gasteiger charge is -2.31. The Morgan fingerprint density at radius 2 is 1.95 bits per heavy atom. The summed E-state index contributed by atoms with van der Waals surface area (Å²) in [6.45, 7) is 3.94. The Bertz CT molecular complexity index is 396. The molecule has 0 spiro atoms. The fourth-order valence-corrected chi connectivity index (χ4v) is 2.31. The molecule has 0 aliphatic carbocycles. The molecule has 1 aromatic rings. The number of unbranched alkanes of at least 4 members (excludes halogenated alkanes) is 2. The van der Waals surface area contributed by atoms with Gasteiger partial charge in [0, 0.05) is 6.54 Å². The number of nitriles is 1. The molecular formula is C16H25N3. The van der Waals surface area contributed by atoms with E-state index >= 15 is 0 Å². The molecule has 0 aliphatic heterocycles. The standard InChI is InChI=1S/C16H25N3/c1-4-5-9-12-19(3)14-16(13-17,18-2)15-10-7-6-8-11-15/h6-8,10-11,18H,4-5,9,12,14H2,1-3H3. The summed E-state index contributed by atoms with van der Waals surface area (Å²) in [5, 5.41) is 12.8. The molecule has 1 aromatic carbocycles. The molecule has 1 N–H and O–H groups in total. The first-order valence-corrected chi connectivity index (χ1v) is 7.02. The third kappa shape index (κ3) is 4.34. The Labute approximate surface area is 117 Å². The molecule has 3 heteroatoms. The predicted molar refractivity (Wildman–Crippen MR) is 79.8 cm³/mol.